The molecule has 0 saturated heterocycles. The number of nitrogens with zero attached hydrogens (tertiary/aromatic N) is 2. The molecule has 1 aliphatic heterocycles. The van der Waals surface area contributed by atoms with E-state index in [1.807, 2.05) is 49.3 Å². The minimum Gasteiger partial charge on any atom is -0.496 e. The maximum absolute atomic E-state index is 13.1. The molecule has 1 atom stereocenters. The third-order valence-corrected chi connectivity index (χ3v) is 5.99. The van der Waals surface area contributed by atoms with Crippen LogP contribution in [0.3, 0.4) is 0 Å². The first-order valence-corrected chi connectivity index (χ1v) is 11.0. The van der Waals surface area contributed by atoms with Crippen molar-refractivity contribution < 1.29 is 19.1 Å². The van der Waals surface area contributed by atoms with Crippen molar-refractivity contribution in [1.29, 1.82) is 0 Å². The Balaban J connectivity index is 1.52. The van der Waals surface area contributed by atoms with Crippen molar-refractivity contribution in [3.05, 3.63) is 101 Å². The van der Waals surface area contributed by atoms with Gasteiger partial charge in [0.25, 0.3) is 17.7 Å². The molecular formula is C27H27N3O4. The Morgan fingerprint density at radius 3 is 2.15 bits per heavy atom. The van der Waals surface area contributed by atoms with Gasteiger partial charge in [0.15, 0.2) is 0 Å². The van der Waals surface area contributed by atoms with E-state index in [2.05, 4.69) is 5.32 Å². The van der Waals surface area contributed by atoms with Crippen LogP contribution in [0.5, 0.6) is 5.75 Å². The average molecular weight is 458 g/mol. The molecule has 34 heavy (non-hydrogen) atoms. The van der Waals surface area contributed by atoms with Crippen LogP contribution in [0.15, 0.2) is 72.8 Å². The summed E-state index contributed by atoms with van der Waals surface area (Å²) in [5, 5.41) is 3.00. The number of hydrogen-bond acceptors (Lipinski definition) is 5. The summed E-state index contributed by atoms with van der Waals surface area (Å²) in [6, 6.07) is 21.8. The molecule has 1 aliphatic rings. The standard InChI is InChI=1S/C27H27N3O4/c1-29(2)23(19-9-5-4-6-10-19)16-28-25(31)22-15-18(13-14-24(22)34-3)17-30-26(32)20-11-7-8-12-21(20)27(30)33/h4-15,23H,16-17H2,1-3H3,(H,28,31)/t23-/m1/s1. The van der Waals surface area contributed by atoms with Crippen LogP contribution in [0.4, 0.5) is 0 Å². The lowest BCUT2D eigenvalue weighted by Crippen LogP contribution is -2.35. The normalized spacial score (nSPS) is 13.7. The average Bonchev–Trinajstić information content (AvgIpc) is 3.09. The lowest BCUT2D eigenvalue weighted by Gasteiger charge is -2.25. The van der Waals surface area contributed by atoms with Crippen molar-refractivity contribution >= 4 is 17.7 Å². The summed E-state index contributed by atoms with van der Waals surface area (Å²) in [5.41, 5.74) is 2.90. The smallest absolute Gasteiger partial charge is 0.261 e. The Labute approximate surface area is 198 Å². The maximum Gasteiger partial charge on any atom is 0.261 e. The quantitative estimate of drug-likeness (QED) is 0.524. The maximum atomic E-state index is 13.1. The second-order valence-corrected chi connectivity index (χ2v) is 8.38. The Morgan fingerprint density at radius 2 is 1.56 bits per heavy atom. The molecule has 1 heterocycles. The molecule has 0 fully saturated rings. The van der Waals surface area contributed by atoms with E-state index in [9.17, 15) is 14.4 Å². The lowest BCUT2D eigenvalue weighted by atomic mass is 10.1. The number of methoxy groups -OCH3 is 1. The van der Waals surface area contributed by atoms with Crippen LogP contribution in [0.25, 0.3) is 0 Å². The highest BCUT2D eigenvalue weighted by Gasteiger charge is 2.35. The van der Waals surface area contributed by atoms with Crippen molar-refractivity contribution in [1.82, 2.24) is 15.1 Å². The summed E-state index contributed by atoms with van der Waals surface area (Å²) < 4.78 is 5.40. The minimum absolute atomic E-state index is 0.00215. The molecule has 4 rings (SSSR count). The summed E-state index contributed by atoms with van der Waals surface area (Å²) in [6.07, 6.45) is 0. The van der Waals surface area contributed by atoms with Crippen LogP contribution in [-0.2, 0) is 6.54 Å². The molecule has 0 radical (unpaired) electrons. The Kier molecular flexibility index (Phi) is 6.75. The molecule has 174 valence electrons. The first kappa shape index (κ1) is 23.2. The van der Waals surface area contributed by atoms with E-state index in [1.54, 1.807) is 42.5 Å². The van der Waals surface area contributed by atoms with E-state index in [0.29, 0.717) is 34.5 Å². The SMILES string of the molecule is COc1ccc(CN2C(=O)c3ccccc3C2=O)cc1C(=O)NC[C@H](c1ccccc1)N(C)C. The molecule has 0 unspecified atom stereocenters. The zero-order chi connectivity index (χ0) is 24.2. The van der Waals surface area contributed by atoms with E-state index < -0.39 is 0 Å². The molecule has 0 aliphatic carbocycles. The molecule has 7 heteroatoms. The van der Waals surface area contributed by atoms with Gasteiger partial charge in [0.05, 0.1) is 36.4 Å². The van der Waals surface area contributed by atoms with Gasteiger partial charge in [-0.2, -0.15) is 0 Å². The van der Waals surface area contributed by atoms with Crippen molar-refractivity contribution in [3.8, 4) is 5.75 Å². The fourth-order valence-electron chi connectivity index (χ4n) is 4.15. The number of carbonyl (C=O) groups is 3. The van der Waals surface area contributed by atoms with Gasteiger partial charge in [-0.05, 0) is 49.5 Å². The van der Waals surface area contributed by atoms with Crippen LogP contribution in [0.1, 0.15) is 48.2 Å². The molecule has 1 N–H and O–H groups in total. The van der Waals surface area contributed by atoms with Crippen LogP contribution in [0, 0.1) is 0 Å². The summed E-state index contributed by atoms with van der Waals surface area (Å²) in [4.78, 5) is 41.8. The van der Waals surface area contributed by atoms with Crippen LogP contribution < -0.4 is 10.1 Å². The van der Waals surface area contributed by atoms with E-state index in [-0.39, 0.29) is 30.3 Å². The number of imide groups is 1. The van der Waals surface area contributed by atoms with Gasteiger partial charge in [-0.15, -0.1) is 0 Å². The molecule has 0 bridgehead atoms. The highest BCUT2D eigenvalue weighted by atomic mass is 16.5. The molecule has 7 nitrogen and oxygen atoms in total. The van der Waals surface area contributed by atoms with Gasteiger partial charge in [0.2, 0.25) is 0 Å². The fourth-order valence-corrected chi connectivity index (χ4v) is 4.15. The molecule has 3 amide bonds. The van der Waals surface area contributed by atoms with Gasteiger partial charge >= 0.3 is 0 Å². The Bertz CT molecular complexity index is 1190. The van der Waals surface area contributed by atoms with E-state index in [0.717, 1.165) is 5.56 Å². The third kappa shape index (κ3) is 4.56. The van der Waals surface area contributed by atoms with Crippen molar-refractivity contribution in [2.75, 3.05) is 27.7 Å². The Morgan fingerprint density at radius 1 is 0.941 bits per heavy atom. The predicted octanol–water partition coefficient (Wildman–Crippen LogP) is 3.52. The summed E-state index contributed by atoms with van der Waals surface area (Å²) in [5.74, 6) is -0.535. The van der Waals surface area contributed by atoms with E-state index >= 15 is 0 Å². The fraction of sp³-hybridized carbons (Fsp3) is 0.222. The minimum atomic E-state index is -0.334. The number of benzene rings is 3. The highest BCUT2D eigenvalue weighted by Crippen LogP contribution is 2.26. The first-order chi connectivity index (χ1) is 16.4. The number of carbonyl (C=O) groups excluding carboxylic acids is 3. The molecular weight excluding hydrogens is 430 g/mol. The van der Waals surface area contributed by atoms with Gasteiger partial charge in [-0.3, -0.25) is 19.3 Å². The largest absolute Gasteiger partial charge is 0.496 e. The highest BCUT2D eigenvalue weighted by molar-refractivity contribution is 6.21. The summed E-state index contributed by atoms with van der Waals surface area (Å²) in [7, 11) is 5.43. The number of fused-ring (bicyclic) bond motifs is 1. The zero-order valence-corrected chi connectivity index (χ0v) is 19.4. The first-order valence-electron chi connectivity index (χ1n) is 11.0. The number of likely N-dealkylation sites (N-methyl/N-ethyl adjacent to an activating group) is 1. The molecule has 0 spiro atoms. The molecule has 3 aromatic rings. The van der Waals surface area contributed by atoms with Crippen LogP contribution in [-0.4, -0.2) is 55.3 Å². The number of rotatable bonds is 8. The van der Waals surface area contributed by atoms with Crippen LogP contribution >= 0.6 is 0 Å². The van der Waals surface area contributed by atoms with Gasteiger partial charge in [0, 0.05) is 6.54 Å². The van der Waals surface area contributed by atoms with Crippen molar-refractivity contribution in [2.45, 2.75) is 12.6 Å². The van der Waals surface area contributed by atoms with E-state index in [1.165, 1.54) is 12.0 Å². The molecule has 3 aromatic carbocycles. The van der Waals surface area contributed by atoms with Gasteiger partial charge in [-0.25, -0.2) is 0 Å². The third-order valence-electron chi connectivity index (χ3n) is 5.99. The second-order valence-electron chi connectivity index (χ2n) is 8.38. The summed E-state index contributed by atoms with van der Waals surface area (Å²) >= 11 is 0. The predicted molar refractivity (Wildman–Crippen MR) is 129 cm³/mol. The number of ether oxygens (including phenoxy) is 1. The van der Waals surface area contributed by atoms with Crippen LogP contribution in [0.2, 0.25) is 0 Å². The van der Waals surface area contributed by atoms with Crippen molar-refractivity contribution in [3.63, 3.8) is 0 Å². The van der Waals surface area contributed by atoms with E-state index in [4.69, 9.17) is 4.74 Å². The lowest BCUT2D eigenvalue weighted by molar-refractivity contribution is 0.0642. The monoisotopic (exact) mass is 457 g/mol. The number of hydrogen-bond donors (Lipinski definition) is 1. The van der Waals surface area contributed by atoms with Gasteiger partial charge in [-0.1, -0.05) is 48.5 Å². The second kappa shape index (κ2) is 9.89. The van der Waals surface area contributed by atoms with Gasteiger partial charge in [0.1, 0.15) is 5.75 Å². The zero-order valence-electron chi connectivity index (χ0n) is 19.4. The number of amides is 3. The Hall–Kier alpha value is -3.97. The molecule has 0 aromatic heterocycles. The van der Waals surface area contributed by atoms with Gasteiger partial charge < -0.3 is 15.0 Å². The molecule has 0 saturated carbocycles. The van der Waals surface area contributed by atoms with Crippen molar-refractivity contribution in [2.24, 2.45) is 0 Å². The summed E-state index contributed by atoms with van der Waals surface area (Å²) in [6.45, 7) is 0.475. The number of nitrogens with one attached hydrogen (secondary N) is 1. The topological polar surface area (TPSA) is 78.9 Å².